The van der Waals surface area contributed by atoms with Crippen molar-refractivity contribution < 1.29 is 24.3 Å². The second kappa shape index (κ2) is 10.6. The summed E-state index contributed by atoms with van der Waals surface area (Å²) < 4.78 is 10.6. The lowest BCUT2D eigenvalue weighted by molar-refractivity contribution is -0.385. The van der Waals surface area contributed by atoms with Crippen molar-refractivity contribution in [2.75, 3.05) is 13.2 Å². The molecule has 9 nitrogen and oxygen atoms in total. The van der Waals surface area contributed by atoms with E-state index in [1.165, 1.54) is 0 Å². The Bertz CT molecular complexity index is 1110. The number of nitrogens with zero attached hydrogens (tertiary/aromatic N) is 2. The number of carbonyl (C=O) groups excluding carboxylic acids is 1. The summed E-state index contributed by atoms with van der Waals surface area (Å²) in [5.74, 6) is -0.383. The van der Waals surface area contributed by atoms with E-state index in [-0.39, 0.29) is 36.0 Å². The molecule has 2 N–H and O–H groups in total. The van der Waals surface area contributed by atoms with Crippen LogP contribution in [-0.4, -0.2) is 35.4 Å². The summed E-state index contributed by atoms with van der Waals surface area (Å²) in [5, 5.41) is 25.0. The van der Waals surface area contributed by atoms with E-state index in [0.717, 1.165) is 29.5 Å². The van der Waals surface area contributed by atoms with Crippen molar-refractivity contribution >= 4 is 17.8 Å². The number of hydrazone groups is 1. The fourth-order valence-corrected chi connectivity index (χ4v) is 2.81. The SMILES string of the molecule is CCOc1cc([N+](=O)[O-])cc(C=NNC(=O)COc2ccc(-c3ccccc3)cc2)c1O. The van der Waals surface area contributed by atoms with E-state index < -0.39 is 10.8 Å². The first kappa shape index (κ1) is 22.3. The summed E-state index contributed by atoms with van der Waals surface area (Å²) in [5.41, 5.74) is 4.10. The molecule has 0 fully saturated rings. The summed E-state index contributed by atoms with van der Waals surface area (Å²) >= 11 is 0. The van der Waals surface area contributed by atoms with Crippen LogP contribution in [0.1, 0.15) is 12.5 Å². The molecule has 164 valence electrons. The molecule has 0 bridgehead atoms. The summed E-state index contributed by atoms with van der Waals surface area (Å²) in [6.45, 7) is 1.61. The Morgan fingerprint density at radius 1 is 1.09 bits per heavy atom. The highest BCUT2D eigenvalue weighted by atomic mass is 16.6. The van der Waals surface area contributed by atoms with E-state index in [9.17, 15) is 20.0 Å². The number of carbonyl (C=O) groups is 1. The predicted molar refractivity (Wildman–Crippen MR) is 119 cm³/mol. The number of benzene rings is 3. The Kier molecular flexibility index (Phi) is 7.37. The van der Waals surface area contributed by atoms with Crippen LogP contribution in [0, 0.1) is 10.1 Å². The molecule has 9 heteroatoms. The third kappa shape index (κ3) is 5.82. The Morgan fingerprint density at radius 2 is 1.78 bits per heavy atom. The molecule has 3 rings (SSSR count). The minimum atomic E-state index is -0.616. The van der Waals surface area contributed by atoms with Crippen LogP contribution < -0.4 is 14.9 Å². The smallest absolute Gasteiger partial charge is 0.277 e. The van der Waals surface area contributed by atoms with Crippen molar-refractivity contribution in [1.29, 1.82) is 0 Å². The normalized spacial score (nSPS) is 10.7. The van der Waals surface area contributed by atoms with E-state index >= 15 is 0 Å². The highest BCUT2D eigenvalue weighted by Crippen LogP contribution is 2.33. The third-order valence-corrected chi connectivity index (χ3v) is 4.32. The monoisotopic (exact) mass is 435 g/mol. The molecule has 1 amide bonds. The minimum Gasteiger partial charge on any atom is -0.504 e. The fraction of sp³-hybridized carbons (Fsp3) is 0.130. The number of phenols is 1. The van der Waals surface area contributed by atoms with Crippen molar-refractivity contribution in [3.63, 3.8) is 0 Å². The number of phenolic OH excluding ortho intramolecular Hbond substituents is 1. The van der Waals surface area contributed by atoms with Crippen molar-refractivity contribution in [1.82, 2.24) is 5.43 Å². The van der Waals surface area contributed by atoms with Crippen molar-refractivity contribution in [3.8, 4) is 28.4 Å². The molecule has 0 heterocycles. The van der Waals surface area contributed by atoms with Gasteiger partial charge in [-0.3, -0.25) is 14.9 Å². The highest BCUT2D eigenvalue weighted by molar-refractivity contribution is 5.87. The summed E-state index contributed by atoms with van der Waals surface area (Å²) in [6.07, 6.45) is 1.09. The maximum atomic E-state index is 12.0. The lowest BCUT2D eigenvalue weighted by atomic mass is 10.1. The largest absolute Gasteiger partial charge is 0.504 e. The van der Waals surface area contributed by atoms with E-state index in [2.05, 4.69) is 10.5 Å². The summed E-state index contributed by atoms with van der Waals surface area (Å²) in [6, 6.07) is 19.4. The second-order valence-corrected chi connectivity index (χ2v) is 6.54. The van der Waals surface area contributed by atoms with E-state index in [0.29, 0.717) is 5.75 Å². The van der Waals surface area contributed by atoms with Gasteiger partial charge in [-0.1, -0.05) is 42.5 Å². The average Bonchev–Trinajstić information content (AvgIpc) is 2.81. The Hall–Kier alpha value is -4.40. The number of hydrogen-bond acceptors (Lipinski definition) is 7. The minimum absolute atomic E-state index is 0.0281. The molecular weight excluding hydrogens is 414 g/mol. The molecule has 0 unspecified atom stereocenters. The number of nitro benzene ring substituents is 1. The van der Waals surface area contributed by atoms with Crippen LogP contribution in [0.25, 0.3) is 11.1 Å². The Labute approximate surface area is 184 Å². The molecule has 0 saturated heterocycles. The van der Waals surface area contributed by atoms with Gasteiger partial charge in [0.2, 0.25) is 0 Å². The lowest BCUT2D eigenvalue weighted by Crippen LogP contribution is -2.24. The van der Waals surface area contributed by atoms with Crippen LogP contribution in [-0.2, 0) is 4.79 Å². The molecule has 0 aliphatic heterocycles. The second-order valence-electron chi connectivity index (χ2n) is 6.54. The zero-order valence-corrected chi connectivity index (χ0v) is 17.2. The zero-order valence-electron chi connectivity index (χ0n) is 17.2. The third-order valence-electron chi connectivity index (χ3n) is 4.32. The molecule has 0 saturated carbocycles. The number of rotatable bonds is 9. The highest BCUT2D eigenvalue weighted by Gasteiger charge is 2.16. The predicted octanol–water partition coefficient (Wildman–Crippen LogP) is 3.90. The first-order valence-corrected chi connectivity index (χ1v) is 9.72. The molecule has 0 aliphatic carbocycles. The number of non-ortho nitro benzene ring substituents is 1. The number of ether oxygens (including phenoxy) is 2. The molecule has 3 aromatic rings. The Balaban J connectivity index is 1.57. The quantitative estimate of drug-likeness (QED) is 0.299. The molecule has 32 heavy (non-hydrogen) atoms. The molecule has 0 aliphatic rings. The van der Waals surface area contributed by atoms with Gasteiger partial charge in [-0.2, -0.15) is 5.10 Å². The molecule has 0 aromatic heterocycles. The van der Waals surface area contributed by atoms with Gasteiger partial charge in [-0.25, -0.2) is 5.43 Å². The van der Waals surface area contributed by atoms with E-state index in [1.54, 1.807) is 19.1 Å². The van der Waals surface area contributed by atoms with Gasteiger partial charge in [-0.05, 0) is 30.2 Å². The van der Waals surface area contributed by atoms with Crippen LogP contribution >= 0.6 is 0 Å². The zero-order chi connectivity index (χ0) is 22.9. The van der Waals surface area contributed by atoms with Gasteiger partial charge in [0.25, 0.3) is 11.6 Å². The summed E-state index contributed by atoms with van der Waals surface area (Å²) in [4.78, 5) is 22.4. The molecule has 0 atom stereocenters. The van der Waals surface area contributed by atoms with E-state index in [4.69, 9.17) is 9.47 Å². The topological polar surface area (TPSA) is 123 Å². The van der Waals surface area contributed by atoms with Gasteiger partial charge in [0.15, 0.2) is 18.1 Å². The first-order chi connectivity index (χ1) is 15.5. The summed E-state index contributed by atoms with van der Waals surface area (Å²) in [7, 11) is 0. The van der Waals surface area contributed by atoms with Crippen molar-refractivity contribution in [2.24, 2.45) is 5.10 Å². The number of nitro groups is 1. The van der Waals surface area contributed by atoms with Gasteiger partial charge in [0.1, 0.15) is 5.75 Å². The maximum Gasteiger partial charge on any atom is 0.277 e. The molecule has 3 aromatic carbocycles. The van der Waals surface area contributed by atoms with Gasteiger partial charge < -0.3 is 14.6 Å². The van der Waals surface area contributed by atoms with E-state index in [1.807, 2.05) is 42.5 Å². The number of amides is 1. The van der Waals surface area contributed by atoms with Crippen LogP contribution in [0.15, 0.2) is 71.8 Å². The van der Waals surface area contributed by atoms with Gasteiger partial charge >= 0.3 is 0 Å². The number of nitrogens with one attached hydrogen (secondary N) is 1. The average molecular weight is 435 g/mol. The standard InChI is InChI=1S/C23H21N3O6/c1-2-31-21-13-19(26(29)30)12-18(23(21)28)14-24-25-22(27)15-32-20-10-8-17(9-11-20)16-6-4-3-5-7-16/h3-14,28H,2,15H2,1H3,(H,25,27). The van der Waals surface area contributed by atoms with Gasteiger partial charge in [0.05, 0.1) is 23.8 Å². The maximum absolute atomic E-state index is 12.0. The Morgan fingerprint density at radius 3 is 2.44 bits per heavy atom. The van der Waals surface area contributed by atoms with Crippen LogP contribution in [0.2, 0.25) is 0 Å². The molecular formula is C23H21N3O6. The van der Waals surface area contributed by atoms with Crippen molar-refractivity contribution in [2.45, 2.75) is 6.92 Å². The fourth-order valence-electron chi connectivity index (χ4n) is 2.81. The van der Waals surface area contributed by atoms with Crippen LogP contribution in [0.3, 0.4) is 0 Å². The molecule has 0 radical (unpaired) electrons. The molecule has 0 spiro atoms. The number of aromatic hydroxyl groups is 1. The first-order valence-electron chi connectivity index (χ1n) is 9.72. The van der Waals surface area contributed by atoms with Crippen LogP contribution in [0.5, 0.6) is 17.2 Å². The van der Waals surface area contributed by atoms with Crippen LogP contribution in [0.4, 0.5) is 5.69 Å². The number of hydrogen-bond donors (Lipinski definition) is 2. The van der Waals surface area contributed by atoms with Crippen molar-refractivity contribution in [3.05, 3.63) is 82.4 Å². The van der Waals surface area contributed by atoms with Gasteiger partial charge in [0, 0.05) is 11.6 Å². The lowest BCUT2D eigenvalue weighted by Gasteiger charge is -2.08. The van der Waals surface area contributed by atoms with Gasteiger partial charge in [-0.15, -0.1) is 0 Å².